The molecule has 1 saturated heterocycles. The zero-order valence-electron chi connectivity index (χ0n) is 14.3. The normalized spacial score (nSPS) is 18.4. The van der Waals surface area contributed by atoms with Crippen molar-refractivity contribution in [3.05, 3.63) is 35.9 Å². The molecule has 0 saturated carbocycles. The molecule has 1 aliphatic rings. The molecule has 4 heteroatoms. The summed E-state index contributed by atoms with van der Waals surface area (Å²) in [4.78, 5) is 19.2. The average molecular weight is 303 g/mol. The van der Waals surface area contributed by atoms with Gasteiger partial charge < -0.3 is 9.80 Å². The summed E-state index contributed by atoms with van der Waals surface area (Å²) in [6, 6.07) is 10.00. The first-order valence-corrected chi connectivity index (χ1v) is 8.21. The zero-order chi connectivity index (χ0) is 16.1. The fourth-order valence-electron chi connectivity index (χ4n) is 3.11. The number of carbonyl (C=O) groups is 1. The Bertz CT molecular complexity index is 464. The minimum absolute atomic E-state index is 0.155. The molecule has 1 unspecified atom stereocenters. The van der Waals surface area contributed by atoms with Crippen molar-refractivity contribution in [2.45, 2.75) is 19.9 Å². The SMILES string of the molecule is CC(C)CN1CCN(C(C(=O)N(C)C)c2ccccc2)CC1. The van der Waals surface area contributed by atoms with Gasteiger partial charge in [0.15, 0.2) is 0 Å². The molecule has 122 valence electrons. The van der Waals surface area contributed by atoms with Crippen LogP contribution in [0.5, 0.6) is 0 Å². The van der Waals surface area contributed by atoms with Crippen LogP contribution in [-0.4, -0.2) is 67.4 Å². The van der Waals surface area contributed by atoms with E-state index in [4.69, 9.17) is 0 Å². The second kappa shape index (κ2) is 7.75. The van der Waals surface area contributed by atoms with Gasteiger partial charge in [0.05, 0.1) is 0 Å². The Balaban J connectivity index is 2.09. The number of piperazine rings is 1. The first kappa shape index (κ1) is 17.0. The fraction of sp³-hybridized carbons (Fsp3) is 0.611. The molecule has 1 amide bonds. The van der Waals surface area contributed by atoms with Gasteiger partial charge in [0.2, 0.25) is 5.91 Å². The molecule has 4 nitrogen and oxygen atoms in total. The van der Waals surface area contributed by atoms with Gasteiger partial charge in [0, 0.05) is 46.8 Å². The largest absolute Gasteiger partial charge is 0.347 e. The van der Waals surface area contributed by atoms with Crippen molar-refractivity contribution < 1.29 is 4.79 Å². The van der Waals surface area contributed by atoms with Gasteiger partial charge in [-0.3, -0.25) is 9.69 Å². The van der Waals surface area contributed by atoms with Gasteiger partial charge in [0.1, 0.15) is 6.04 Å². The van der Waals surface area contributed by atoms with E-state index in [1.165, 1.54) is 0 Å². The number of rotatable bonds is 5. The maximum atomic E-state index is 12.7. The van der Waals surface area contributed by atoms with Crippen molar-refractivity contribution in [2.75, 3.05) is 46.8 Å². The molecule has 1 fully saturated rings. The summed E-state index contributed by atoms with van der Waals surface area (Å²) in [5, 5.41) is 0. The van der Waals surface area contributed by atoms with Crippen LogP contribution in [-0.2, 0) is 4.79 Å². The Morgan fingerprint density at radius 3 is 2.18 bits per heavy atom. The first-order valence-electron chi connectivity index (χ1n) is 8.21. The van der Waals surface area contributed by atoms with Gasteiger partial charge in [-0.1, -0.05) is 44.2 Å². The summed E-state index contributed by atoms with van der Waals surface area (Å²) in [7, 11) is 3.68. The third-order valence-corrected chi connectivity index (χ3v) is 4.19. The highest BCUT2D eigenvalue weighted by Gasteiger charge is 2.31. The fourth-order valence-corrected chi connectivity index (χ4v) is 3.11. The lowest BCUT2D eigenvalue weighted by Crippen LogP contribution is -2.51. The van der Waals surface area contributed by atoms with E-state index in [-0.39, 0.29) is 11.9 Å². The molecular formula is C18H29N3O. The first-order chi connectivity index (χ1) is 10.5. The topological polar surface area (TPSA) is 26.8 Å². The van der Waals surface area contributed by atoms with Gasteiger partial charge in [-0.2, -0.15) is 0 Å². The maximum Gasteiger partial charge on any atom is 0.244 e. The van der Waals surface area contributed by atoms with E-state index < -0.39 is 0 Å². The van der Waals surface area contributed by atoms with Crippen molar-refractivity contribution in [1.82, 2.24) is 14.7 Å². The number of hydrogen-bond donors (Lipinski definition) is 0. The molecule has 0 aromatic heterocycles. The van der Waals surface area contributed by atoms with Crippen LogP contribution in [0.1, 0.15) is 25.5 Å². The van der Waals surface area contributed by atoms with E-state index in [0.717, 1.165) is 38.3 Å². The molecule has 1 atom stereocenters. The number of amides is 1. The highest BCUT2D eigenvalue weighted by atomic mass is 16.2. The molecular weight excluding hydrogens is 274 g/mol. The number of likely N-dealkylation sites (N-methyl/N-ethyl adjacent to an activating group) is 1. The molecule has 0 spiro atoms. The van der Waals surface area contributed by atoms with E-state index in [1.807, 2.05) is 32.3 Å². The number of hydrogen-bond acceptors (Lipinski definition) is 3. The Morgan fingerprint density at radius 2 is 1.68 bits per heavy atom. The van der Waals surface area contributed by atoms with Gasteiger partial charge in [-0.25, -0.2) is 0 Å². The molecule has 0 N–H and O–H groups in total. The summed E-state index contributed by atoms with van der Waals surface area (Å²) in [5.41, 5.74) is 1.10. The van der Waals surface area contributed by atoms with Crippen LogP contribution >= 0.6 is 0 Å². The predicted molar refractivity (Wildman–Crippen MR) is 90.7 cm³/mol. The lowest BCUT2D eigenvalue weighted by Gasteiger charge is -2.40. The van der Waals surface area contributed by atoms with Gasteiger partial charge in [-0.15, -0.1) is 0 Å². The molecule has 1 heterocycles. The van der Waals surface area contributed by atoms with Crippen molar-refractivity contribution in [3.8, 4) is 0 Å². The quantitative estimate of drug-likeness (QED) is 0.833. The van der Waals surface area contributed by atoms with E-state index in [1.54, 1.807) is 4.90 Å². The van der Waals surface area contributed by atoms with Gasteiger partial charge in [-0.05, 0) is 11.5 Å². The second-order valence-electron chi connectivity index (χ2n) is 6.78. The van der Waals surface area contributed by atoms with Crippen LogP contribution in [0.4, 0.5) is 0 Å². The monoisotopic (exact) mass is 303 g/mol. The summed E-state index contributed by atoms with van der Waals surface area (Å²) in [5.74, 6) is 0.864. The van der Waals surface area contributed by atoms with Crippen LogP contribution < -0.4 is 0 Å². The van der Waals surface area contributed by atoms with E-state index in [2.05, 4.69) is 35.8 Å². The van der Waals surface area contributed by atoms with E-state index in [9.17, 15) is 4.79 Å². The molecule has 0 bridgehead atoms. The predicted octanol–water partition coefficient (Wildman–Crippen LogP) is 2.09. The van der Waals surface area contributed by atoms with Crippen molar-refractivity contribution >= 4 is 5.91 Å². The van der Waals surface area contributed by atoms with Crippen LogP contribution in [0.25, 0.3) is 0 Å². The zero-order valence-corrected chi connectivity index (χ0v) is 14.3. The summed E-state index contributed by atoms with van der Waals surface area (Å²) in [6.45, 7) is 9.65. The minimum atomic E-state index is -0.155. The Labute approximate surface area is 134 Å². The number of nitrogens with zero attached hydrogens (tertiary/aromatic N) is 3. The lowest BCUT2D eigenvalue weighted by molar-refractivity contribution is -0.135. The van der Waals surface area contributed by atoms with Gasteiger partial charge in [0.25, 0.3) is 0 Å². The molecule has 0 aliphatic carbocycles. The highest BCUT2D eigenvalue weighted by Crippen LogP contribution is 2.24. The molecule has 1 aromatic carbocycles. The van der Waals surface area contributed by atoms with Crippen molar-refractivity contribution in [3.63, 3.8) is 0 Å². The molecule has 2 rings (SSSR count). The Hall–Kier alpha value is -1.39. The maximum absolute atomic E-state index is 12.7. The smallest absolute Gasteiger partial charge is 0.244 e. The molecule has 22 heavy (non-hydrogen) atoms. The van der Waals surface area contributed by atoms with Crippen LogP contribution in [0.3, 0.4) is 0 Å². The third kappa shape index (κ3) is 4.31. The van der Waals surface area contributed by atoms with Crippen molar-refractivity contribution in [2.24, 2.45) is 5.92 Å². The van der Waals surface area contributed by atoms with E-state index >= 15 is 0 Å². The second-order valence-corrected chi connectivity index (χ2v) is 6.78. The Morgan fingerprint density at radius 1 is 1.09 bits per heavy atom. The van der Waals surface area contributed by atoms with Crippen LogP contribution in [0.15, 0.2) is 30.3 Å². The standard InChI is InChI=1S/C18H29N3O/c1-15(2)14-20-10-12-21(13-11-20)17(18(22)19(3)4)16-8-6-5-7-9-16/h5-9,15,17H,10-14H2,1-4H3. The summed E-state index contributed by atoms with van der Waals surface area (Å²) < 4.78 is 0. The summed E-state index contributed by atoms with van der Waals surface area (Å²) in [6.07, 6.45) is 0. The molecule has 1 aromatic rings. The van der Waals surface area contributed by atoms with Crippen LogP contribution in [0, 0.1) is 5.92 Å². The third-order valence-electron chi connectivity index (χ3n) is 4.19. The molecule has 0 radical (unpaired) electrons. The minimum Gasteiger partial charge on any atom is -0.347 e. The van der Waals surface area contributed by atoms with Gasteiger partial charge >= 0.3 is 0 Å². The molecule has 1 aliphatic heterocycles. The van der Waals surface area contributed by atoms with Crippen molar-refractivity contribution in [1.29, 1.82) is 0 Å². The lowest BCUT2D eigenvalue weighted by atomic mass is 10.0. The van der Waals surface area contributed by atoms with Crippen LogP contribution in [0.2, 0.25) is 0 Å². The summed E-state index contributed by atoms with van der Waals surface area (Å²) >= 11 is 0. The number of carbonyl (C=O) groups excluding carboxylic acids is 1. The average Bonchev–Trinajstić information content (AvgIpc) is 2.49. The van der Waals surface area contributed by atoms with E-state index in [0.29, 0.717) is 5.92 Å². The highest BCUT2D eigenvalue weighted by molar-refractivity contribution is 5.82. The number of benzene rings is 1. The Kier molecular flexibility index (Phi) is 5.98.